The smallest absolute Gasteiger partial charge is 0.223 e. The molecule has 2 atom stereocenters. The molecule has 7 nitrogen and oxygen atoms in total. The van der Waals surface area contributed by atoms with Crippen LogP contribution in [0.1, 0.15) is 6.92 Å². The number of hydrogen-bond donors (Lipinski definition) is 1. The standard InChI is InChI=1S/C25H24Cl2N4O3/c1-5-17(13-32)31-11-14(2)19(12-31)30-25-28-10-16-8-15(6-7-18(16)29-25)22-23(26)20(33-3)9-21(34-4)24(22)27/h5-10,14,19H,1,11-12H2,2-4H3,(H,28,29,30)/t14-,19-/m1/s1. The fourth-order valence-electron chi connectivity index (χ4n) is 4.15. The molecule has 1 N–H and O–H groups in total. The molecule has 0 saturated carbocycles. The molecule has 0 aliphatic carbocycles. The summed E-state index contributed by atoms with van der Waals surface area (Å²) < 4.78 is 10.8. The van der Waals surface area contributed by atoms with Crippen molar-refractivity contribution in [3.8, 4) is 22.6 Å². The first-order chi connectivity index (χ1) is 16.4. The lowest BCUT2D eigenvalue weighted by molar-refractivity contribution is 0.395. The Labute approximate surface area is 208 Å². The number of methoxy groups -OCH3 is 2. The highest BCUT2D eigenvalue weighted by Gasteiger charge is 2.31. The van der Waals surface area contributed by atoms with Crippen LogP contribution in [0.15, 0.2) is 48.8 Å². The number of likely N-dealkylation sites (tertiary alicyclic amines) is 1. The van der Waals surface area contributed by atoms with Gasteiger partial charge in [0.25, 0.3) is 0 Å². The van der Waals surface area contributed by atoms with E-state index in [0.29, 0.717) is 45.3 Å². The Morgan fingerprint density at radius 1 is 1.21 bits per heavy atom. The van der Waals surface area contributed by atoms with Crippen molar-refractivity contribution in [3.63, 3.8) is 0 Å². The van der Waals surface area contributed by atoms with Gasteiger partial charge in [0.1, 0.15) is 23.1 Å². The van der Waals surface area contributed by atoms with Crippen molar-refractivity contribution in [2.45, 2.75) is 13.0 Å². The van der Waals surface area contributed by atoms with Crippen LogP contribution in [0.4, 0.5) is 5.95 Å². The van der Waals surface area contributed by atoms with Gasteiger partial charge in [-0.25, -0.2) is 14.8 Å². The zero-order valence-electron chi connectivity index (χ0n) is 19.1. The van der Waals surface area contributed by atoms with E-state index < -0.39 is 0 Å². The third kappa shape index (κ3) is 4.42. The Hall–Kier alpha value is -3.25. The number of benzene rings is 2. The van der Waals surface area contributed by atoms with E-state index in [2.05, 4.69) is 28.8 Å². The molecule has 0 radical (unpaired) electrons. The van der Waals surface area contributed by atoms with Crippen LogP contribution in [0.5, 0.6) is 11.5 Å². The Kier molecular flexibility index (Phi) is 6.98. The first kappa shape index (κ1) is 23.9. The number of anilines is 1. The summed E-state index contributed by atoms with van der Waals surface area (Å²) in [6.45, 7) is 7.18. The minimum Gasteiger partial charge on any atom is -0.495 e. The number of fused-ring (bicyclic) bond motifs is 1. The molecule has 0 spiro atoms. The number of nitrogens with zero attached hydrogens (tertiary/aromatic N) is 3. The number of carbonyl (C=O) groups excluding carboxylic acids is 1. The summed E-state index contributed by atoms with van der Waals surface area (Å²) in [4.78, 5) is 22.3. The van der Waals surface area contributed by atoms with Gasteiger partial charge in [0, 0.05) is 36.3 Å². The molecule has 1 aromatic heterocycles. The van der Waals surface area contributed by atoms with Crippen molar-refractivity contribution >= 4 is 46.0 Å². The van der Waals surface area contributed by atoms with Gasteiger partial charge in [-0.2, -0.15) is 0 Å². The molecule has 0 amide bonds. The molecule has 1 aliphatic heterocycles. The zero-order chi connectivity index (χ0) is 24.4. The van der Waals surface area contributed by atoms with Crippen molar-refractivity contribution in [2.24, 2.45) is 5.92 Å². The Morgan fingerprint density at radius 3 is 2.53 bits per heavy atom. The van der Waals surface area contributed by atoms with E-state index in [1.807, 2.05) is 29.0 Å². The maximum Gasteiger partial charge on any atom is 0.223 e. The summed E-state index contributed by atoms with van der Waals surface area (Å²) in [6, 6.07) is 7.46. The molecule has 34 heavy (non-hydrogen) atoms. The number of rotatable bonds is 7. The highest BCUT2D eigenvalue weighted by Crippen LogP contribution is 2.46. The van der Waals surface area contributed by atoms with Crippen molar-refractivity contribution in [3.05, 3.63) is 58.9 Å². The summed E-state index contributed by atoms with van der Waals surface area (Å²) in [6.07, 6.45) is 3.29. The summed E-state index contributed by atoms with van der Waals surface area (Å²) in [7, 11) is 3.08. The van der Waals surface area contributed by atoms with Gasteiger partial charge < -0.3 is 19.7 Å². The van der Waals surface area contributed by atoms with Crippen LogP contribution in [0, 0.1) is 5.92 Å². The number of nitrogens with one attached hydrogen (secondary N) is 1. The summed E-state index contributed by atoms with van der Waals surface area (Å²) in [5.41, 5.74) is 2.64. The van der Waals surface area contributed by atoms with Gasteiger partial charge in [-0.15, -0.1) is 0 Å². The van der Waals surface area contributed by atoms with Gasteiger partial charge in [-0.05, 0) is 29.7 Å². The summed E-state index contributed by atoms with van der Waals surface area (Å²) in [5, 5.41) is 5.02. The van der Waals surface area contributed by atoms with Crippen LogP contribution in [-0.4, -0.2) is 54.2 Å². The van der Waals surface area contributed by atoms with Crippen LogP contribution in [0.2, 0.25) is 10.0 Å². The second-order valence-corrected chi connectivity index (χ2v) is 8.83. The van der Waals surface area contributed by atoms with Gasteiger partial charge in [0.05, 0.1) is 35.8 Å². The molecule has 1 aliphatic rings. The van der Waals surface area contributed by atoms with E-state index in [1.54, 1.807) is 26.5 Å². The maximum absolute atomic E-state index is 11.1. The molecule has 1 fully saturated rings. The van der Waals surface area contributed by atoms with Gasteiger partial charge in [-0.3, -0.25) is 0 Å². The van der Waals surface area contributed by atoms with E-state index in [1.165, 1.54) is 6.08 Å². The second-order valence-electron chi connectivity index (χ2n) is 8.08. The fraction of sp³-hybridized carbons (Fsp3) is 0.280. The first-order valence-corrected chi connectivity index (χ1v) is 11.4. The van der Waals surface area contributed by atoms with Gasteiger partial charge in [-0.1, -0.05) is 42.8 Å². The van der Waals surface area contributed by atoms with Gasteiger partial charge in [0.15, 0.2) is 0 Å². The summed E-state index contributed by atoms with van der Waals surface area (Å²) in [5.74, 6) is 3.70. The minimum atomic E-state index is 0.0851. The van der Waals surface area contributed by atoms with Crippen molar-refractivity contribution in [2.75, 3.05) is 32.6 Å². The average molecular weight is 499 g/mol. The topological polar surface area (TPSA) is 76.6 Å². The predicted octanol–water partition coefficient (Wildman–Crippen LogP) is 5.25. The predicted molar refractivity (Wildman–Crippen MR) is 136 cm³/mol. The van der Waals surface area contributed by atoms with Crippen LogP contribution in [0.25, 0.3) is 22.0 Å². The zero-order valence-corrected chi connectivity index (χ0v) is 20.6. The average Bonchev–Trinajstić information content (AvgIpc) is 3.19. The molecule has 1 saturated heterocycles. The number of ether oxygens (including phenoxy) is 2. The Bertz CT molecular complexity index is 1280. The third-order valence-corrected chi connectivity index (χ3v) is 6.76. The number of halogens is 2. The molecule has 2 heterocycles. The largest absolute Gasteiger partial charge is 0.495 e. The van der Waals surface area contributed by atoms with Crippen molar-refractivity contribution < 1.29 is 14.3 Å². The molecule has 0 unspecified atom stereocenters. The quantitative estimate of drug-likeness (QED) is 0.351. The lowest BCUT2D eigenvalue weighted by Gasteiger charge is -2.18. The molecule has 4 rings (SSSR count). The number of hydrogen-bond acceptors (Lipinski definition) is 7. The Balaban J connectivity index is 1.63. The molecule has 0 bridgehead atoms. The normalized spacial score (nSPS) is 17.4. The summed E-state index contributed by atoms with van der Waals surface area (Å²) >= 11 is 13.2. The van der Waals surface area contributed by atoms with Crippen LogP contribution >= 0.6 is 23.2 Å². The Morgan fingerprint density at radius 2 is 1.91 bits per heavy atom. The van der Waals surface area contributed by atoms with E-state index in [4.69, 9.17) is 32.7 Å². The minimum absolute atomic E-state index is 0.0851. The molecule has 176 valence electrons. The van der Waals surface area contributed by atoms with E-state index >= 15 is 0 Å². The molecule has 2 aromatic carbocycles. The monoisotopic (exact) mass is 498 g/mol. The van der Waals surface area contributed by atoms with E-state index in [-0.39, 0.29) is 12.0 Å². The van der Waals surface area contributed by atoms with Crippen LogP contribution in [0.3, 0.4) is 0 Å². The lowest BCUT2D eigenvalue weighted by atomic mass is 10.0. The molecular weight excluding hydrogens is 475 g/mol. The van der Waals surface area contributed by atoms with Gasteiger partial charge in [0.2, 0.25) is 5.95 Å². The van der Waals surface area contributed by atoms with Crippen molar-refractivity contribution in [1.29, 1.82) is 0 Å². The fourth-order valence-corrected chi connectivity index (χ4v) is 4.87. The second kappa shape index (κ2) is 9.94. The third-order valence-electron chi connectivity index (χ3n) is 6.01. The lowest BCUT2D eigenvalue weighted by Crippen LogP contribution is -2.28. The molecular formula is C25H24Cl2N4O3. The highest BCUT2D eigenvalue weighted by molar-refractivity contribution is 6.41. The van der Waals surface area contributed by atoms with Crippen LogP contribution in [-0.2, 0) is 4.79 Å². The van der Waals surface area contributed by atoms with Gasteiger partial charge >= 0.3 is 0 Å². The van der Waals surface area contributed by atoms with E-state index in [9.17, 15) is 4.79 Å². The van der Waals surface area contributed by atoms with E-state index in [0.717, 1.165) is 23.0 Å². The maximum atomic E-state index is 11.1. The molecule has 3 aromatic rings. The van der Waals surface area contributed by atoms with Crippen molar-refractivity contribution in [1.82, 2.24) is 14.9 Å². The first-order valence-electron chi connectivity index (χ1n) is 10.7. The highest BCUT2D eigenvalue weighted by atomic mass is 35.5. The number of aromatic nitrogens is 2. The van der Waals surface area contributed by atoms with Crippen LogP contribution < -0.4 is 14.8 Å². The SMILES string of the molecule is C=CC(=C=O)N1C[C@@H](C)[C@H](Nc2ncc3cc(-c4c(Cl)c(OC)cc(OC)c4Cl)ccc3n2)C1. The molecule has 9 heteroatoms. The number of allylic oxidation sites excluding steroid dienone is 1.